The Morgan fingerprint density at radius 3 is 2.36 bits per heavy atom. The molecule has 3 rings (SSSR count). The number of carbonyl (C=O) groups excluding carboxylic acids is 3. The maximum absolute atomic E-state index is 12.7. The fourth-order valence-corrected chi connectivity index (χ4v) is 3.70. The molecular formula is C19H25N3O6. The van der Waals surface area contributed by atoms with E-state index < -0.39 is 0 Å². The number of imide groups is 1. The van der Waals surface area contributed by atoms with Crippen LogP contribution in [0.15, 0.2) is 12.1 Å². The standard InChI is InChI=1S/C19H25N3O6/c1-26-13-8-15(27-2)14(16(9-13)28-3)4-5-17(23)21-7-6-12(11-21)22-18(24)10-20-19(22)25/h8-9,12H,4-7,10-11H2,1-3H3,(H,20,25). The van der Waals surface area contributed by atoms with Crippen molar-refractivity contribution in [1.82, 2.24) is 15.1 Å². The van der Waals surface area contributed by atoms with Gasteiger partial charge in [0.25, 0.3) is 0 Å². The lowest BCUT2D eigenvalue weighted by molar-refractivity contribution is -0.131. The van der Waals surface area contributed by atoms with Gasteiger partial charge in [0.05, 0.1) is 33.9 Å². The van der Waals surface area contributed by atoms with Crippen LogP contribution in [0.3, 0.4) is 0 Å². The number of amides is 4. The largest absolute Gasteiger partial charge is 0.496 e. The lowest BCUT2D eigenvalue weighted by Gasteiger charge is -2.22. The zero-order chi connectivity index (χ0) is 20.3. The van der Waals surface area contributed by atoms with Gasteiger partial charge in [-0.1, -0.05) is 0 Å². The Hall–Kier alpha value is -2.97. The van der Waals surface area contributed by atoms with Crippen molar-refractivity contribution in [3.63, 3.8) is 0 Å². The lowest BCUT2D eigenvalue weighted by Crippen LogP contribution is -2.42. The number of rotatable bonds is 7. The number of urea groups is 1. The SMILES string of the molecule is COc1cc(OC)c(CCC(=O)N2CCC(N3C(=O)CNC3=O)C2)c(OC)c1. The summed E-state index contributed by atoms with van der Waals surface area (Å²) in [4.78, 5) is 39.3. The van der Waals surface area contributed by atoms with Gasteiger partial charge in [-0.05, 0) is 12.8 Å². The average molecular weight is 391 g/mol. The van der Waals surface area contributed by atoms with Gasteiger partial charge in [-0.2, -0.15) is 0 Å². The van der Waals surface area contributed by atoms with Crippen molar-refractivity contribution in [2.45, 2.75) is 25.3 Å². The van der Waals surface area contributed by atoms with Crippen LogP contribution in [0.4, 0.5) is 4.79 Å². The van der Waals surface area contributed by atoms with E-state index in [9.17, 15) is 14.4 Å². The molecule has 0 aliphatic carbocycles. The molecule has 0 saturated carbocycles. The van der Waals surface area contributed by atoms with Crippen molar-refractivity contribution in [3.05, 3.63) is 17.7 Å². The van der Waals surface area contributed by atoms with E-state index in [2.05, 4.69) is 5.32 Å². The Balaban J connectivity index is 1.63. The van der Waals surface area contributed by atoms with E-state index in [4.69, 9.17) is 14.2 Å². The van der Waals surface area contributed by atoms with E-state index in [1.54, 1.807) is 38.4 Å². The van der Waals surface area contributed by atoms with Crippen LogP contribution in [-0.2, 0) is 16.0 Å². The summed E-state index contributed by atoms with van der Waals surface area (Å²) in [5.41, 5.74) is 0.795. The fourth-order valence-electron chi connectivity index (χ4n) is 3.70. The zero-order valence-corrected chi connectivity index (χ0v) is 16.3. The molecule has 0 bridgehead atoms. The number of likely N-dealkylation sites (tertiary alicyclic amines) is 1. The molecule has 2 aliphatic rings. The van der Waals surface area contributed by atoms with E-state index in [0.717, 1.165) is 5.56 Å². The zero-order valence-electron chi connectivity index (χ0n) is 16.3. The molecule has 2 fully saturated rings. The highest BCUT2D eigenvalue weighted by Crippen LogP contribution is 2.35. The molecule has 2 heterocycles. The third-order valence-electron chi connectivity index (χ3n) is 5.17. The normalized spacial score (nSPS) is 19.0. The third-order valence-corrected chi connectivity index (χ3v) is 5.17. The number of hydrogen-bond acceptors (Lipinski definition) is 6. The summed E-state index contributed by atoms with van der Waals surface area (Å²) in [5, 5.41) is 2.52. The van der Waals surface area contributed by atoms with Crippen LogP contribution in [0.5, 0.6) is 17.2 Å². The molecule has 152 valence electrons. The molecule has 1 aromatic rings. The van der Waals surface area contributed by atoms with Crippen LogP contribution in [0, 0.1) is 0 Å². The summed E-state index contributed by atoms with van der Waals surface area (Å²) < 4.78 is 16.1. The third kappa shape index (κ3) is 3.83. The molecule has 0 radical (unpaired) electrons. The highest BCUT2D eigenvalue weighted by atomic mass is 16.5. The quantitative estimate of drug-likeness (QED) is 0.691. The highest BCUT2D eigenvalue weighted by Gasteiger charge is 2.39. The maximum Gasteiger partial charge on any atom is 0.324 e. The summed E-state index contributed by atoms with van der Waals surface area (Å²) in [6.45, 7) is 0.923. The summed E-state index contributed by atoms with van der Waals surface area (Å²) in [7, 11) is 4.68. The van der Waals surface area contributed by atoms with Gasteiger partial charge in [-0.25, -0.2) is 4.79 Å². The number of nitrogens with one attached hydrogen (secondary N) is 1. The minimum absolute atomic E-state index is 0.0281. The van der Waals surface area contributed by atoms with Gasteiger partial charge < -0.3 is 24.4 Å². The summed E-state index contributed by atoms with van der Waals surface area (Å²) in [6.07, 6.45) is 1.31. The van der Waals surface area contributed by atoms with E-state index in [1.807, 2.05) is 0 Å². The monoisotopic (exact) mass is 391 g/mol. The van der Waals surface area contributed by atoms with Gasteiger partial charge in [0.2, 0.25) is 11.8 Å². The second-order valence-corrected chi connectivity index (χ2v) is 6.72. The molecule has 0 aromatic heterocycles. The van der Waals surface area contributed by atoms with Crippen LogP contribution < -0.4 is 19.5 Å². The van der Waals surface area contributed by atoms with Crippen molar-refractivity contribution in [2.24, 2.45) is 0 Å². The summed E-state index contributed by atoms with van der Waals surface area (Å²) >= 11 is 0. The molecule has 2 aliphatic heterocycles. The van der Waals surface area contributed by atoms with Crippen LogP contribution in [-0.4, -0.2) is 74.7 Å². The first kappa shape index (κ1) is 19.8. The fraction of sp³-hybridized carbons (Fsp3) is 0.526. The van der Waals surface area contributed by atoms with Crippen molar-refractivity contribution < 1.29 is 28.6 Å². The van der Waals surface area contributed by atoms with Crippen molar-refractivity contribution in [3.8, 4) is 17.2 Å². The van der Waals surface area contributed by atoms with Crippen LogP contribution in [0.1, 0.15) is 18.4 Å². The van der Waals surface area contributed by atoms with Crippen LogP contribution >= 0.6 is 0 Å². The Morgan fingerprint density at radius 1 is 1.14 bits per heavy atom. The molecular weight excluding hydrogens is 366 g/mol. The van der Waals surface area contributed by atoms with Gasteiger partial charge in [-0.3, -0.25) is 14.5 Å². The Labute approximate surface area is 163 Å². The average Bonchev–Trinajstić information content (AvgIpc) is 3.31. The van der Waals surface area contributed by atoms with Gasteiger partial charge >= 0.3 is 6.03 Å². The Morgan fingerprint density at radius 2 is 1.82 bits per heavy atom. The minimum atomic E-state index is -0.378. The lowest BCUT2D eigenvalue weighted by atomic mass is 10.1. The molecule has 4 amide bonds. The molecule has 1 unspecified atom stereocenters. The molecule has 1 N–H and O–H groups in total. The minimum Gasteiger partial charge on any atom is -0.496 e. The summed E-state index contributed by atoms with van der Waals surface area (Å²) in [6, 6.07) is 2.87. The first-order chi connectivity index (χ1) is 13.5. The Bertz CT molecular complexity index is 740. The van der Waals surface area contributed by atoms with E-state index in [-0.39, 0.29) is 36.9 Å². The number of hydrogen-bond donors (Lipinski definition) is 1. The van der Waals surface area contributed by atoms with Crippen molar-refractivity contribution in [2.75, 3.05) is 41.0 Å². The summed E-state index contributed by atoms with van der Waals surface area (Å²) in [5.74, 6) is 1.54. The number of nitrogens with zero attached hydrogens (tertiary/aromatic N) is 2. The smallest absolute Gasteiger partial charge is 0.324 e. The highest BCUT2D eigenvalue weighted by molar-refractivity contribution is 6.02. The first-order valence-electron chi connectivity index (χ1n) is 9.15. The molecule has 1 atom stereocenters. The number of ether oxygens (including phenoxy) is 3. The van der Waals surface area contributed by atoms with Crippen molar-refractivity contribution in [1.29, 1.82) is 0 Å². The molecule has 0 spiro atoms. The molecule has 9 heteroatoms. The van der Waals surface area contributed by atoms with Gasteiger partial charge in [-0.15, -0.1) is 0 Å². The molecule has 9 nitrogen and oxygen atoms in total. The maximum atomic E-state index is 12.7. The molecule has 28 heavy (non-hydrogen) atoms. The predicted molar refractivity (Wildman–Crippen MR) is 99.6 cm³/mol. The number of carbonyl (C=O) groups is 3. The van der Waals surface area contributed by atoms with E-state index in [1.165, 1.54) is 4.90 Å². The van der Waals surface area contributed by atoms with Gasteiger partial charge in [0.1, 0.15) is 17.2 Å². The van der Waals surface area contributed by atoms with E-state index in [0.29, 0.717) is 43.2 Å². The predicted octanol–water partition coefficient (Wildman–Crippen LogP) is 0.798. The number of benzene rings is 1. The van der Waals surface area contributed by atoms with E-state index >= 15 is 0 Å². The van der Waals surface area contributed by atoms with Crippen LogP contribution in [0.2, 0.25) is 0 Å². The second kappa shape index (κ2) is 8.37. The van der Waals surface area contributed by atoms with Gasteiger partial charge in [0, 0.05) is 37.2 Å². The van der Waals surface area contributed by atoms with Crippen molar-refractivity contribution >= 4 is 17.8 Å². The first-order valence-corrected chi connectivity index (χ1v) is 9.15. The van der Waals surface area contributed by atoms with Gasteiger partial charge in [0.15, 0.2) is 0 Å². The second-order valence-electron chi connectivity index (χ2n) is 6.72. The molecule has 1 aromatic carbocycles. The topological polar surface area (TPSA) is 97.4 Å². The molecule has 2 saturated heterocycles. The van der Waals surface area contributed by atoms with Crippen LogP contribution in [0.25, 0.3) is 0 Å². The number of methoxy groups -OCH3 is 3. The Kier molecular flexibility index (Phi) is 5.91.